The molecule has 0 amide bonds. The summed E-state index contributed by atoms with van der Waals surface area (Å²) in [6.07, 6.45) is -11.7. The first-order chi connectivity index (χ1) is 15.0. The van der Waals surface area contributed by atoms with Gasteiger partial charge >= 0.3 is 18.0 Å². The summed E-state index contributed by atoms with van der Waals surface area (Å²) in [5, 5.41) is 0. The van der Waals surface area contributed by atoms with E-state index < -0.39 is 23.8 Å². The van der Waals surface area contributed by atoms with Crippen molar-refractivity contribution in [3.8, 4) is 34.0 Å². The molecular weight excluding hydrogens is 442 g/mol. The molecule has 0 aliphatic heterocycles. The number of ether oxygens (including phenoxy) is 3. The molecule has 0 aliphatic rings. The number of nitrogens with zero attached hydrogens (tertiary/aromatic N) is 1. The van der Waals surface area contributed by atoms with Gasteiger partial charge in [0, 0.05) is 18.2 Å². The molecule has 1 aromatic heterocycles. The van der Waals surface area contributed by atoms with Gasteiger partial charge in [0.2, 0.25) is 0 Å². The summed E-state index contributed by atoms with van der Waals surface area (Å²) < 4.78 is 96.8. The van der Waals surface area contributed by atoms with E-state index in [0.29, 0.717) is 24.2 Å². The summed E-state index contributed by atoms with van der Waals surface area (Å²) in [7, 11) is 3.18. The summed E-state index contributed by atoms with van der Waals surface area (Å²) in [5.41, 5.74) is -4.25. The predicted octanol–water partition coefficient (Wildman–Crippen LogP) is 5.73. The van der Waals surface area contributed by atoms with Crippen LogP contribution in [-0.2, 0) is 10.3 Å². The zero-order valence-electron chi connectivity index (χ0n) is 17.1. The van der Waals surface area contributed by atoms with Crippen molar-refractivity contribution >= 4 is 0 Å². The summed E-state index contributed by atoms with van der Waals surface area (Å²) in [4.78, 5) is 5.96. The van der Waals surface area contributed by atoms with Gasteiger partial charge in [-0.05, 0) is 48.5 Å². The van der Waals surface area contributed by atoms with Crippen LogP contribution >= 0.6 is 0 Å². The van der Waals surface area contributed by atoms with E-state index in [9.17, 15) is 26.3 Å². The van der Waals surface area contributed by atoms with E-state index in [2.05, 4.69) is 14.7 Å². The van der Waals surface area contributed by atoms with Gasteiger partial charge < -0.3 is 19.2 Å². The van der Waals surface area contributed by atoms with Gasteiger partial charge in [-0.15, -0.1) is 0 Å². The maximum atomic E-state index is 13.8. The second-order valence-corrected chi connectivity index (χ2v) is 6.65. The topological polar surface area (TPSA) is 56.4 Å². The van der Waals surface area contributed by atoms with Crippen LogP contribution in [-0.4, -0.2) is 43.6 Å². The van der Waals surface area contributed by atoms with Crippen molar-refractivity contribution in [1.82, 2.24) is 9.97 Å². The van der Waals surface area contributed by atoms with Crippen molar-refractivity contribution in [1.29, 1.82) is 0 Å². The first-order valence-corrected chi connectivity index (χ1v) is 9.06. The van der Waals surface area contributed by atoms with E-state index in [0.717, 1.165) is 0 Å². The minimum absolute atomic E-state index is 0.0530. The Morgan fingerprint density at radius 2 is 1.12 bits per heavy atom. The zero-order chi connectivity index (χ0) is 23.7. The molecular formula is C21H18F6N2O3. The van der Waals surface area contributed by atoms with Crippen molar-refractivity contribution in [3.05, 3.63) is 54.4 Å². The van der Waals surface area contributed by atoms with E-state index in [1.165, 1.54) is 62.8 Å². The lowest BCUT2D eigenvalue weighted by Gasteiger charge is -2.33. The van der Waals surface area contributed by atoms with Crippen molar-refractivity contribution in [2.45, 2.75) is 18.0 Å². The van der Waals surface area contributed by atoms with E-state index in [1.54, 1.807) is 0 Å². The molecule has 0 bridgehead atoms. The Morgan fingerprint density at radius 1 is 0.688 bits per heavy atom. The standard InChI is InChI=1S/C21H18F6N2O3/c1-30-14-8-4-12(5-9-14)16-17(13-6-10-15(31-2)11-7-13)29-18(28-16)19(32-3,20(22,23)24)21(25,26)27/h4-11H,1-3H3,(H,28,29). The quantitative estimate of drug-likeness (QED) is 0.478. The molecule has 1 N–H and O–H groups in total. The van der Waals surface area contributed by atoms with Crippen LogP contribution in [0.3, 0.4) is 0 Å². The Bertz CT molecular complexity index is 978. The second kappa shape index (κ2) is 8.38. The minimum Gasteiger partial charge on any atom is -0.497 e. The molecule has 0 spiro atoms. The summed E-state index contributed by atoms with van der Waals surface area (Å²) in [5.74, 6) is -0.528. The second-order valence-electron chi connectivity index (χ2n) is 6.65. The van der Waals surface area contributed by atoms with Gasteiger partial charge in [0.05, 0.1) is 25.6 Å². The van der Waals surface area contributed by atoms with Crippen LogP contribution in [0.15, 0.2) is 48.5 Å². The molecule has 0 unspecified atom stereocenters. The fourth-order valence-electron chi connectivity index (χ4n) is 3.22. The highest BCUT2D eigenvalue weighted by Crippen LogP contribution is 2.52. The number of methoxy groups -OCH3 is 3. The zero-order valence-corrected chi connectivity index (χ0v) is 17.1. The fraction of sp³-hybridized carbons (Fsp3) is 0.286. The van der Waals surface area contributed by atoms with E-state index >= 15 is 0 Å². The molecule has 3 rings (SSSR count). The molecule has 0 saturated carbocycles. The average Bonchev–Trinajstić information content (AvgIpc) is 3.18. The Hall–Kier alpha value is -3.21. The summed E-state index contributed by atoms with van der Waals surface area (Å²) >= 11 is 0. The molecule has 5 nitrogen and oxygen atoms in total. The average molecular weight is 460 g/mol. The SMILES string of the molecule is COc1ccc(-c2nc(C(OC)(C(F)(F)F)C(F)(F)F)[nH]c2-c2ccc(OC)cc2)cc1. The van der Waals surface area contributed by atoms with Crippen molar-refractivity contribution < 1.29 is 40.6 Å². The van der Waals surface area contributed by atoms with Gasteiger partial charge in [0.15, 0.2) is 5.82 Å². The first-order valence-electron chi connectivity index (χ1n) is 9.06. The molecule has 2 aromatic carbocycles. The number of rotatable bonds is 6. The normalized spacial score (nSPS) is 12.7. The largest absolute Gasteiger partial charge is 0.497 e. The van der Waals surface area contributed by atoms with E-state index in [-0.39, 0.29) is 17.0 Å². The van der Waals surface area contributed by atoms with Gasteiger partial charge in [0.1, 0.15) is 11.5 Å². The third-order valence-corrected chi connectivity index (χ3v) is 4.88. The highest BCUT2D eigenvalue weighted by molar-refractivity contribution is 5.79. The van der Waals surface area contributed by atoms with Gasteiger partial charge in [-0.25, -0.2) is 4.98 Å². The number of benzene rings is 2. The molecule has 0 saturated heterocycles. The van der Waals surface area contributed by atoms with Crippen LogP contribution < -0.4 is 9.47 Å². The van der Waals surface area contributed by atoms with E-state index in [1.807, 2.05) is 0 Å². The van der Waals surface area contributed by atoms with Crippen molar-refractivity contribution in [3.63, 3.8) is 0 Å². The monoisotopic (exact) mass is 460 g/mol. The third kappa shape index (κ3) is 3.88. The maximum Gasteiger partial charge on any atom is 0.434 e. The lowest BCUT2D eigenvalue weighted by molar-refractivity contribution is -0.385. The van der Waals surface area contributed by atoms with Crippen molar-refractivity contribution in [2.75, 3.05) is 21.3 Å². The summed E-state index contributed by atoms with van der Waals surface area (Å²) in [6.45, 7) is 0. The van der Waals surface area contributed by atoms with Gasteiger partial charge in [-0.2, -0.15) is 26.3 Å². The number of aromatic amines is 1. The van der Waals surface area contributed by atoms with Crippen LogP contribution in [0.4, 0.5) is 26.3 Å². The number of imidazole rings is 1. The number of halogens is 6. The van der Waals surface area contributed by atoms with Gasteiger partial charge in [-0.1, -0.05) is 0 Å². The van der Waals surface area contributed by atoms with Crippen molar-refractivity contribution in [2.24, 2.45) is 0 Å². The molecule has 0 atom stereocenters. The molecule has 3 aromatic rings. The molecule has 1 heterocycles. The minimum atomic E-state index is -5.84. The number of hydrogen-bond donors (Lipinski definition) is 1. The number of nitrogens with one attached hydrogen (secondary N) is 1. The van der Waals surface area contributed by atoms with Crippen LogP contribution in [0.2, 0.25) is 0 Å². The third-order valence-electron chi connectivity index (χ3n) is 4.88. The fourth-order valence-corrected chi connectivity index (χ4v) is 3.22. The number of H-pyrrole nitrogens is 1. The predicted molar refractivity (Wildman–Crippen MR) is 103 cm³/mol. The smallest absolute Gasteiger partial charge is 0.434 e. The highest BCUT2D eigenvalue weighted by atomic mass is 19.4. The van der Waals surface area contributed by atoms with Crippen LogP contribution in [0.5, 0.6) is 11.5 Å². The number of hydrogen-bond acceptors (Lipinski definition) is 4. The van der Waals surface area contributed by atoms with E-state index in [4.69, 9.17) is 9.47 Å². The van der Waals surface area contributed by atoms with Crippen LogP contribution in [0, 0.1) is 0 Å². The Balaban J connectivity index is 2.30. The Morgan fingerprint density at radius 3 is 1.50 bits per heavy atom. The number of alkyl halides is 6. The van der Waals surface area contributed by atoms with Gasteiger partial charge in [0.25, 0.3) is 0 Å². The Kier molecular flexibility index (Phi) is 6.14. The van der Waals surface area contributed by atoms with Crippen LogP contribution in [0.1, 0.15) is 5.82 Å². The molecule has 172 valence electrons. The highest BCUT2D eigenvalue weighted by Gasteiger charge is 2.75. The maximum absolute atomic E-state index is 13.8. The Labute approximate surface area is 178 Å². The van der Waals surface area contributed by atoms with Gasteiger partial charge in [-0.3, -0.25) is 0 Å². The molecule has 0 aliphatic carbocycles. The molecule has 0 radical (unpaired) electrons. The molecule has 32 heavy (non-hydrogen) atoms. The number of aromatic nitrogens is 2. The lowest BCUT2D eigenvalue weighted by Crippen LogP contribution is -2.56. The molecule has 0 fully saturated rings. The molecule has 11 heteroatoms. The van der Waals surface area contributed by atoms with Crippen LogP contribution in [0.25, 0.3) is 22.5 Å². The first kappa shape index (κ1) is 23.5. The summed E-state index contributed by atoms with van der Waals surface area (Å²) in [6, 6.07) is 12.0. The lowest BCUT2D eigenvalue weighted by atomic mass is 10.0.